The standard InChI is InChI=1S/C27H36FN3O5/c1-2-36-25(34)11-12-29-15-16-30(24(33)18-29)13-9-20-17-31(14-10-23(20)32)26(27(35)19-7-8-19)21-5-3-4-6-22(21)28/h3-6,9,19,23,26,32H,2,7-8,10-18H2,1H3/b20-9+. The van der Waals surface area contributed by atoms with E-state index in [-0.39, 0.29) is 42.4 Å². The predicted octanol–water partition coefficient (Wildman–Crippen LogP) is 1.94. The zero-order valence-corrected chi connectivity index (χ0v) is 20.9. The molecule has 1 aromatic rings. The van der Waals surface area contributed by atoms with Crippen molar-refractivity contribution in [3.05, 3.63) is 47.3 Å². The summed E-state index contributed by atoms with van der Waals surface area (Å²) < 4.78 is 19.6. The normalized spacial score (nSPS) is 23.6. The summed E-state index contributed by atoms with van der Waals surface area (Å²) in [4.78, 5) is 43.1. The lowest BCUT2D eigenvalue weighted by atomic mass is 9.92. The largest absolute Gasteiger partial charge is 0.466 e. The monoisotopic (exact) mass is 501 g/mol. The highest BCUT2D eigenvalue weighted by Gasteiger charge is 2.41. The zero-order chi connectivity index (χ0) is 25.7. The minimum absolute atomic E-state index is 0.0216. The van der Waals surface area contributed by atoms with Crippen molar-refractivity contribution in [3.8, 4) is 0 Å². The summed E-state index contributed by atoms with van der Waals surface area (Å²) in [6, 6.07) is 5.76. The van der Waals surface area contributed by atoms with Gasteiger partial charge in [0.2, 0.25) is 5.91 Å². The first-order chi connectivity index (χ1) is 17.4. The lowest BCUT2D eigenvalue weighted by Crippen LogP contribution is -2.51. The summed E-state index contributed by atoms with van der Waals surface area (Å²) in [6.45, 7) is 5.24. The molecule has 1 amide bonds. The lowest BCUT2D eigenvalue weighted by Gasteiger charge is -2.38. The van der Waals surface area contributed by atoms with Gasteiger partial charge in [-0.3, -0.25) is 24.2 Å². The Hall–Kier alpha value is -2.62. The molecule has 2 atom stereocenters. The Morgan fingerprint density at radius 1 is 1.17 bits per heavy atom. The van der Waals surface area contributed by atoms with Crippen LogP contribution in [-0.4, -0.2) is 96.0 Å². The minimum Gasteiger partial charge on any atom is -0.466 e. The highest BCUT2D eigenvalue weighted by molar-refractivity contribution is 5.89. The Morgan fingerprint density at radius 2 is 1.94 bits per heavy atom. The number of esters is 1. The van der Waals surface area contributed by atoms with E-state index in [1.54, 1.807) is 30.0 Å². The van der Waals surface area contributed by atoms with Crippen LogP contribution in [-0.2, 0) is 19.1 Å². The van der Waals surface area contributed by atoms with Crippen molar-refractivity contribution in [2.45, 2.75) is 44.8 Å². The van der Waals surface area contributed by atoms with Crippen molar-refractivity contribution in [2.24, 2.45) is 5.92 Å². The van der Waals surface area contributed by atoms with Gasteiger partial charge in [0, 0.05) is 50.7 Å². The molecule has 2 saturated heterocycles. The molecule has 8 nitrogen and oxygen atoms in total. The van der Waals surface area contributed by atoms with E-state index in [2.05, 4.69) is 0 Å². The number of rotatable bonds is 10. The Bertz CT molecular complexity index is 995. The molecular weight excluding hydrogens is 465 g/mol. The molecule has 0 bridgehead atoms. The summed E-state index contributed by atoms with van der Waals surface area (Å²) in [5, 5.41) is 10.6. The number of piperazine rings is 1. The van der Waals surface area contributed by atoms with E-state index in [1.165, 1.54) is 6.07 Å². The molecule has 1 saturated carbocycles. The molecule has 2 unspecified atom stereocenters. The molecule has 0 radical (unpaired) electrons. The number of aliphatic hydroxyl groups is 1. The molecule has 0 spiro atoms. The van der Waals surface area contributed by atoms with Gasteiger partial charge in [-0.15, -0.1) is 0 Å². The van der Waals surface area contributed by atoms with Crippen LogP contribution < -0.4 is 0 Å². The van der Waals surface area contributed by atoms with Crippen LogP contribution >= 0.6 is 0 Å². The number of benzene rings is 1. The first-order valence-corrected chi connectivity index (χ1v) is 12.9. The van der Waals surface area contributed by atoms with Crippen LogP contribution in [0.2, 0.25) is 0 Å². The molecule has 1 N–H and O–H groups in total. The number of hydrogen-bond donors (Lipinski definition) is 1. The molecule has 36 heavy (non-hydrogen) atoms. The number of carbonyl (C=O) groups is 3. The fraction of sp³-hybridized carbons (Fsp3) is 0.593. The van der Waals surface area contributed by atoms with Gasteiger partial charge in [0.1, 0.15) is 5.82 Å². The third kappa shape index (κ3) is 6.57. The first-order valence-electron chi connectivity index (χ1n) is 12.9. The average molecular weight is 502 g/mol. The maximum Gasteiger partial charge on any atom is 0.307 e. The second-order valence-electron chi connectivity index (χ2n) is 9.83. The molecule has 2 aliphatic heterocycles. The molecule has 9 heteroatoms. The number of aliphatic hydroxyl groups excluding tert-OH is 1. The van der Waals surface area contributed by atoms with Crippen LogP contribution in [0.1, 0.15) is 44.2 Å². The van der Waals surface area contributed by atoms with Crippen LogP contribution in [0.25, 0.3) is 0 Å². The van der Waals surface area contributed by atoms with E-state index in [4.69, 9.17) is 4.74 Å². The van der Waals surface area contributed by atoms with Crippen LogP contribution in [0, 0.1) is 11.7 Å². The number of amides is 1. The first kappa shape index (κ1) is 26.4. The number of hydrogen-bond acceptors (Lipinski definition) is 7. The number of nitrogens with zero attached hydrogens (tertiary/aromatic N) is 3. The molecule has 0 aromatic heterocycles. The fourth-order valence-electron chi connectivity index (χ4n) is 4.98. The predicted molar refractivity (Wildman–Crippen MR) is 131 cm³/mol. The van der Waals surface area contributed by atoms with E-state index in [0.717, 1.165) is 18.4 Å². The van der Waals surface area contributed by atoms with Gasteiger partial charge in [0.15, 0.2) is 5.78 Å². The quantitative estimate of drug-likeness (QED) is 0.387. The van der Waals surface area contributed by atoms with E-state index >= 15 is 0 Å². The van der Waals surface area contributed by atoms with Crippen molar-refractivity contribution in [1.82, 2.24) is 14.7 Å². The molecule has 1 aromatic carbocycles. The highest BCUT2D eigenvalue weighted by atomic mass is 19.1. The molecule has 2 heterocycles. The van der Waals surface area contributed by atoms with Gasteiger partial charge in [0.05, 0.1) is 31.7 Å². The number of piperidine rings is 1. The van der Waals surface area contributed by atoms with Crippen molar-refractivity contribution in [3.63, 3.8) is 0 Å². The maximum atomic E-state index is 14.7. The molecular formula is C27H36FN3O5. The van der Waals surface area contributed by atoms with Gasteiger partial charge < -0.3 is 14.7 Å². The number of ether oxygens (including phenoxy) is 1. The number of likely N-dealkylation sites (tertiary alicyclic amines) is 1. The Balaban J connectivity index is 1.38. The minimum atomic E-state index is -0.667. The molecule has 3 aliphatic rings. The highest BCUT2D eigenvalue weighted by Crippen LogP contribution is 2.39. The van der Waals surface area contributed by atoms with E-state index in [1.807, 2.05) is 15.9 Å². The van der Waals surface area contributed by atoms with Crippen molar-refractivity contribution in [2.75, 3.05) is 52.4 Å². The molecule has 3 fully saturated rings. The lowest BCUT2D eigenvalue weighted by molar-refractivity contribution is -0.144. The molecule has 1 aliphatic carbocycles. The maximum absolute atomic E-state index is 14.7. The molecule has 4 rings (SSSR count). The summed E-state index contributed by atoms with van der Waals surface area (Å²) in [6.07, 6.45) is 3.62. The zero-order valence-electron chi connectivity index (χ0n) is 20.9. The number of halogens is 1. The number of carbonyl (C=O) groups excluding carboxylic acids is 3. The Labute approximate surface area is 211 Å². The van der Waals surface area contributed by atoms with E-state index < -0.39 is 12.1 Å². The van der Waals surface area contributed by atoms with Gasteiger partial charge in [-0.2, -0.15) is 0 Å². The third-order valence-corrected chi connectivity index (χ3v) is 7.23. The van der Waals surface area contributed by atoms with Gasteiger partial charge in [-0.05, 0) is 37.8 Å². The molecule has 196 valence electrons. The second-order valence-corrected chi connectivity index (χ2v) is 9.83. The van der Waals surface area contributed by atoms with Crippen molar-refractivity contribution >= 4 is 17.7 Å². The van der Waals surface area contributed by atoms with Gasteiger partial charge in [-0.1, -0.05) is 24.3 Å². The van der Waals surface area contributed by atoms with Crippen LogP contribution in [0.15, 0.2) is 35.9 Å². The summed E-state index contributed by atoms with van der Waals surface area (Å²) >= 11 is 0. The van der Waals surface area contributed by atoms with Gasteiger partial charge in [-0.25, -0.2) is 4.39 Å². The van der Waals surface area contributed by atoms with Crippen LogP contribution in [0.5, 0.6) is 0 Å². The Morgan fingerprint density at radius 3 is 2.64 bits per heavy atom. The van der Waals surface area contributed by atoms with E-state index in [0.29, 0.717) is 57.9 Å². The topological polar surface area (TPSA) is 90.4 Å². The van der Waals surface area contributed by atoms with Gasteiger partial charge in [0.25, 0.3) is 0 Å². The summed E-state index contributed by atoms with van der Waals surface area (Å²) in [5.74, 6) is -0.657. The Kier molecular flexibility index (Phi) is 8.87. The van der Waals surface area contributed by atoms with Crippen molar-refractivity contribution in [1.29, 1.82) is 0 Å². The summed E-state index contributed by atoms with van der Waals surface area (Å²) in [7, 11) is 0. The average Bonchev–Trinajstić information content (AvgIpc) is 3.71. The fourth-order valence-corrected chi connectivity index (χ4v) is 4.98. The smallest absolute Gasteiger partial charge is 0.307 e. The van der Waals surface area contributed by atoms with E-state index in [9.17, 15) is 23.9 Å². The van der Waals surface area contributed by atoms with Crippen molar-refractivity contribution < 1.29 is 28.6 Å². The van der Waals surface area contributed by atoms with Crippen LogP contribution in [0.4, 0.5) is 4.39 Å². The van der Waals surface area contributed by atoms with Crippen LogP contribution in [0.3, 0.4) is 0 Å². The third-order valence-electron chi connectivity index (χ3n) is 7.23. The number of Topliss-reactive ketones (excluding diaryl/α,β-unsaturated/α-hetero) is 1. The van der Waals surface area contributed by atoms with Gasteiger partial charge >= 0.3 is 5.97 Å². The number of ketones is 1. The summed E-state index contributed by atoms with van der Waals surface area (Å²) in [5.41, 5.74) is 1.14. The second kappa shape index (κ2) is 12.1. The SMILES string of the molecule is CCOC(=O)CCN1CCN(C/C=C2\CN(C(C(=O)C3CC3)c3ccccc3F)CCC2O)C(=O)C1.